The lowest BCUT2D eigenvalue weighted by Crippen LogP contribution is -2.43. The number of carbonyl (C=O) groups is 1. The number of aromatic amines is 1. The fourth-order valence-electron chi connectivity index (χ4n) is 5.57. The van der Waals surface area contributed by atoms with Gasteiger partial charge in [-0.25, -0.2) is 15.0 Å². The number of piperazine rings is 1. The molecule has 1 aliphatic carbocycles. The molecule has 0 bridgehead atoms. The highest BCUT2D eigenvalue weighted by Gasteiger charge is 2.44. The zero-order valence-corrected chi connectivity index (χ0v) is 23.9. The van der Waals surface area contributed by atoms with E-state index in [1.165, 1.54) is 0 Å². The quantitative estimate of drug-likeness (QED) is 0.264. The number of anilines is 1. The number of benzene rings is 1. The van der Waals surface area contributed by atoms with Crippen molar-refractivity contribution < 1.29 is 9.32 Å². The van der Waals surface area contributed by atoms with Gasteiger partial charge in [-0.05, 0) is 62.1 Å². The first kappa shape index (κ1) is 26.3. The fourth-order valence-corrected chi connectivity index (χ4v) is 5.57. The summed E-state index contributed by atoms with van der Waals surface area (Å²) in [4.78, 5) is 36.7. The lowest BCUT2D eigenvalue weighted by molar-refractivity contribution is 0.0895. The van der Waals surface area contributed by atoms with Gasteiger partial charge < -0.3 is 25.0 Å². The van der Waals surface area contributed by atoms with Crippen molar-refractivity contribution >= 4 is 22.8 Å². The number of aromatic nitrogens is 6. The van der Waals surface area contributed by atoms with E-state index in [9.17, 15) is 4.79 Å². The molecule has 5 aromatic rings. The number of nitrogens with zero attached hydrogens (tertiary/aromatic N) is 6. The Kier molecular flexibility index (Phi) is 6.46. The molecule has 4 aromatic heterocycles. The third kappa shape index (κ3) is 4.89. The van der Waals surface area contributed by atoms with Crippen molar-refractivity contribution in [1.29, 1.82) is 0 Å². The number of nitrogens with one attached hydrogen (secondary N) is 3. The minimum atomic E-state index is -0.373. The molecule has 0 spiro atoms. The Morgan fingerprint density at radius 2 is 1.88 bits per heavy atom. The Bertz CT molecular complexity index is 1770. The first-order valence-electron chi connectivity index (χ1n) is 14.4. The topological polar surface area (TPSA) is 138 Å². The number of aryl methyl sites for hydroxylation is 1. The summed E-state index contributed by atoms with van der Waals surface area (Å²) in [5.74, 6) is 1.22. The highest BCUT2D eigenvalue weighted by molar-refractivity contribution is 5.94. The van der Waals surface area contributed by atoms with Gasteiger partial charge in [-0.3, -0.25) is 4.79 Å². The van der Waals surface area contributed by atoms with Crippen molar-refractivity contribution in [1.82, 2.24) is 40.7 Å². The van der Waals surface area contributed by atoms with Crippen LogP contribution in [0.25, 0.3) is 33.5 Å². The molecule has 5 heterocycles. The summed E-state index contributed by atoms with van der Waals surface area (Å²) in [6, 6.07) is 12.2. The maximum absolute atomic E-state index is 12.8. The number of amides is 1. The molecule has 1 atom stereocenters. The molecule has 11 heteroatoms. The monoisotopic (exact) mass is 563 g/mol. The minimum absolute atomic E-state index is 0.000442. The van der Waals surface area contributed by atoms with Crippen LogP contribution in [0.15, 0.2) is 53.4 Å². The number of pyridine rings is 1. The molecule has 7 rings (SSSR count). The van der Waals surface area contributed by atoms with Crippen LogP contribution in [0.2, 0.25) is 0 Å². The number of hydrogen-bond donors (Lipinski definition) is 3. The van der Waals surface area contributed by atoms with Gasteiger partial charge in [0.25, 0.3) is 0 Å². The minimum Gasteiger partial charge on any atom is -0.354 e. The van der Waals surface area contributed by atoms with Crippen molar-refractivity contribution in [2.75, 3.05) is 31.1 Å². The van der Waals surface area contributed by atoms with E-state index in [2.05, 4.69) is 71.8 Å². The Morgan fingerprint density at radius 1 is 1.07 bits per heavy atom. The first-order valence-corrected chi connectivity index (χ1v) is 14.4. The molecule has 1 amide bonds. The van der Waals surface area contributed by atoms with Crippen LogP contribution < -0.4 is 15.5 Å². The van der Waals surface area contributed by atoms with Crippen LogP contribution in [0.4, 0.5) is 5.82 Å². The first-order chi connectivity index (χ1) is 20.4. The summed E-state index contributed by atoms with van der Waals surface area (Å²) in [7, 11) is 0. The predicted molar refractivity (Wildman–Crippen MR) is 159 cm³/mol. The van der Waals surface area contributed by atoms with Gasteiger partial charge in [0.05, 0.1) is 11.7 Å². The van der Waals surface area contributed by atoms with E-state index in [1.807, 2.05) is 32.2 Å². The van der Waals surface area contributed by atoms with Gasteiger partial charge in [-0.15, -0.1) is 0 Å². The van der Waals surface area contributed by atoms with E-state index in [0.717, 1.165) is 89.5 Å². The molecule has 3 N–H and O–H groups in total. The maximum Gasteiger partial charge on any atom is 0.315 e. The highest BCUT2D eigenvalue weighted by atomic mass is 16.5. The average molecular weight is 564 g/mol. The van der Waals surface area contributed by atoms with Gasteiger partial charge in [-0.2, -0.15) is 4.98 Å². The number of rotatable bonds is 7. The average Bonchev–Trinajstić information content (AvgIpc) is 3.38. The van der Waals surface area contributed by atoms with Crippen LogP contribution >= 0.6 is 0 Å². The van der Waals surface area contributed by atoms with Crippen LogP contribution in [0.1, 0.15) is 60.4 Å². The van der Waals surface area contributed by atoms with Gasteiger partial charge in [0, 0.05) is 60.0 Å². The number of carbonyl (C=O) groups excluding carboxylic acids is 1. The molecule has 0 radical (unpaired) electrons. The van der Waals surface area contributed by atoms with Crippen molar-refractivity contribution in [2.24, 2.45) is 0 Å². The predicted octanol–water partition coefficient (Wildman–Crippen LogP) is 4.33. The van der Waals surface area contributed by atoms with E-state index in [1.54, 1.807) is 6.33 Å². The Balaban J connectivity index is 1.10. The molecule has 1 saturated carbocycles. The molecule has 1 aliphatic heterocycles. The molecular weight excluding hydrogens is 530 g/mol. The smallest absolute Gasteiger partial charge is 0.315 e. The molecule has 2 fully saturated rings. The van der Waals surface area contributed by atoms with Crippen molar-refractivity contribution in [3.05, 3.63) is 71.8 Å². The fraction of sp³-hybridized carbons (Fsp3) is 0.355. The third-order valence-corrected chi connectivity index (χ3v) is 8.44. The van der Waals surface area contributed by atoms with Gasteiger partial charge >= 0.3 is 11.8 Å². The van der Waals surface area contributed by atoms with E-state index in [4.69, 9.17) is 9.51 Å². The van der Waals surface area contributed by atoms with Crippen LogP contribution in [-0.2, 0) is 5.41 Å². The molecule has 1 aromatic carbocycles. The lowest BCUT2D eigenvalue weighted by atomic mass is 9.97. The van der Waals surface area contributed by atoms with Crippen LogP contribution in [0.3, 0.4) is 0 Å². The summed E-state index contributed by atoms with van der Waals surface area (Å²) in [6.07, 6.45) is 5.51. The number of fused-ring (bicyclic) bond motifs is 1. The second kappa shape index (κ2) is 10.3. The van der Waals surface area contributed by atoms with Gasteiger partial charge in [0.15, 0.2) is 5.82 Å². The molecule has 214 valence electrons. The van der Waals surface area contributed by atoms with Crippen LogP contribution in [0.5, 0.6) is 0 Å². The summed E-state index contributed by atoms with van der Waals surface area (Å²) < 4.78 is 5.25. The van der Waals surface area contributed by atoms with Crippen molar-refractivity contribution in [3.63, 3.8) is 0 Å². The lowest BCUT2D eigenvalue weighted by Gasteiger charge is -2.28. The second-order valence-corrected chi connectivity index (χ2v) is 11.6. The zero-order chi connectivity index (χ0) is 28.8. The summed E-state index contributed by atoms with van der Waals surface area (Å²) in [5, 5.41) is 11.3. The van der Waals surface area contributed by atoms with E-state index < -0.39 is 0 Å². The number of H-pyrrole nitrogens is 1. The molecule has 2 aliphatic rings. The van der Waals surface area contributed by atoms with E-state index in [0.29, 0.717) is 5.82 Å². The standard InChI is InChI=1S/C31H33N9O2/c1-18-14-20(4-6-22(18)19(2)36-28(41)29-38-30(39-42-29)31(3)8-9-31)26-23-15-24(37-27(23)35-17-34-26)21-5-7-25(33-16-21)40-12-10-32-11-13-40/h4-7,14-17,19,32H,8-13H2,1-3H3,(H,36,41)(H,34,35,37)/t19-/m1/s1. The molecule has 42 heavy (non-hydrogen) atoms. The van der Waals surface area contributed by atoms with Crippen molar-refractivity contribution in [2.45, 2.75) is 45.1 Å². The largest absolute Gasteiger partial charge is 0.354 e. The van der Waals surface area contributed by atoms with Gasteiger partial charge in [0.2, 0.25) is 0 Å². The highest BCUT2D eigenvalue weighted by Crippen LogP contribution is 2.46. The van der Waals surface area contributed by atoms with Gasteiger partial charge in [-0.1, -0.05) is 24.2 Å². The Labute approximate surface area is 243 Å². The summed E-state index contributed by atoms with van der Waals surface area (Å²) in [6.45, 7) is 9.92. The normalized spacial score (nSPS) is 16.9. The van der Waals surface area contributed by atoms with Gasteiger partial charge in [0.1, 0.15) is 17.8 Å². The van der Waals surface area contributed by atoms with Crippen LogP contribution in [0, 0.1) is 6.92 Å². The maximum atomic E-state index is 12.8. The Morgan fingerprint density at radius 3 is 2.62 bits per heavy atom. The summed E-state index contributed by atoms with van der Waals surface area (Å²) >= 11 is 0. The number of hydrogen-bond acceptors (Lipinski definition) is 9. The summed E-state index contributed by atoms with van der Waals surface area (Å²) in [5.41, 5.74) is 6.49. The zero-order valence-electron chi connectivity index (χ0n) is 23.9. The molecule has 11 nitrogen and oxygen atoms in total. The second-order valence-electron chi connectivity index (χ2n) is 11.6. The Hall–Kier alpha value is -4.64. The molecule has 0 unspecified atom stereocenters. The van der Waals surface area contributed by atoms with E-state index >= 15 is 0 Å². The van der Waals surface area contributed by atoms with Crippen LogP contribution in [-0.4, -0.2) is 62.2 Å². The third-order valence-electron chi connectivity index (χ3n) is 8.44. The van der Waals surface area contributed by atoms with Crippen molar-refractivity contribution in [3.8, 4) is 22.5 Å². The van der Waals surface area contributed by atoms with E-state index in [-0.39, 0.29) is 23.3 Å². The SMILES string of the molecule is Cc1cc(-c2ncnc3[nH]c(-c4ccc(N5CCNCC5)nc4)cc23)ccc1[C@@H](C)NC(=O)c1nc(C2(C)CC2)no1. The molecular formula is C31H33N9O2. The molecule has 1 saturated heterocycles.